The van der Waals surface area contributed by atoms with Gasteiger partial charge in [-0.15, -0.1) is 0 Å². The van der Waals surface area contributed by atoms with Crippen molar-refractivity contribution in [2.75, 3.05) is 26.4 Å². The summed E-state index contributed by atoms with van der Waals surface area (Å²) in [5.74, 6) is -0.453. The second kappa shape index (κ2) is 12.4. The molecule has 7 heteroatoms. The third-order valence-corrected chi connectivity index (χ3v) is 4.50. The molecular formula is C20H25Br2O5+. The molecule has 27 heavy (non-hydrogen) atoms. The third kappa shape index (κ3) is 8.64. The minimum absolute atomic E-state index is 0. The summed E-state index contributed by atoms with van der Waals surface area (Å²) >= 11 is 6.70. The van der Waals surface area contributed by atoms with E-state index in [1.807, 2.05) is 49.4 Å². The van der Waals surface area contributed by atoms with Gasteiger partial charge in [0, 0.05) is 20.1 Å². The molecule has 1 aliphatic rings. The molecule has 148 valence electrons. The van der Waals surface area contributed by atoms with Gasteiger partial charge in [-0.25, -0.2) is 0 Å². The Kier molecular flexibility index (Phi) is 11.0. The molecule has 2 aromatic carbocycles. The highest BCUT2D eigenvalue weighted by Gasteiger charge is 2.32. The first kappa shape index (κ1) is 23.9. The highest BCUT2D eigenvalue weighted by atomic mass is 79.9. The Morgan fingerprint density at radius 2 is 1.56 bits per heavy atom. The Hall–Kier alpha value is -1.09. The molecule has 0 bridgehead atoms. The van der Waals surface area contributed by atoms with Crippen LogP contribution in [-0.4, -0.2) is 42.4 Å². The lowest BCUT2D eigenvalue weighted by molar-refractivity contribution is -0.149. The maximum atomic E-state index is 10.8. The van der Waals surface area contributed by atoms with Crippen molar-refractivity contribution < 1.29 is 25.9 Å². The largest absolute Gasteiger partial charge is 1.00 e. The first-order valence-electron chi connectivity index (χ1n) is 8.34. The Balaban J connectivity index is 0.000000436. The van der Waals surface area contributed by atoms with Gasteiger partial charge in [-0.3, -0.25) is 4.79 Å². The van der Waals surface area contributed by atoms with Crippen LogP contribution in [0.5, 0.6) is 0 Å². The predicted molar refractivity (Wildman–Crippen MR) is 113 cm³/mol. The maximum absolute atomic E-state index is 10.8. The summed E-state index contributed by atoms with van der Waals surface area (Å²) in [7, 11) is 0. The molecule has 2 aromatic rings. The van der Waals surface area contributed by atoms with Crippen LogP contribution >= 0.6 is 31.9 Å². The van der Waals surface area contributed by atoms with E-state index in [9.17, 15) is 4.79 Å². The van der Waals surface area contributed by atoms with Crippen molar-refractivity contribution in [3.63, 3.8) is 0 Å². The molecule has 0 atom stereocenters. The van der Waals surface area contributed by atoms with Gasteiger partial charge in [0.1, 0.15) is 0 Å². The topological polar surface area (TPSA) is 76.0 Å². The number of ether oxygens (including phenoxy) is 2. The number of halogens is 2. The molecule has 0 unspecified atom stereocenters. The number of aliphatic hydroxyl groups excluding tert-OH is 2. The first-order valence-corrected chi connectivity index (χ1v) is 9.93. The Morgan fingerprint density at radius 1 is 1.04 bits per heavy atom. The summed E-state index contributed by atoms with van der Waals surface area (Å²) in [6, 6.07) is 15.3. The summed E-state index contributed by atoms with van der Waals surface area (Å²) in [4.78, 5) is 10.8. The monoisotopic (exact) mass is 503 g/mol. The van der Waals surface area contributed by atoms with E-state index in [0.717, 1.165) is 20.1 Å². The number of carbonyl (C=O) groups excluding carboxylic acids is 1. The summed E-state index contributed by atoms with van der Waals surface area (Å²) in [5, 5.41) is 15.2. The standard InChI is InChI=1S/C10H11BrO2.C8H7BrO.C2H6O2/c1-10(12-5-6-13-10)8-3-2-4-9(11)7-8;1-6(10)7-3-2-4-8(9)5-7;3-1-2-4/h2-4,7H,5-6H2,1H3;2-5H,1H3;3-4H,1-2H2/p+1. The average molecular weight is 505 g/mol. The fraction of sp³-hybridized carbons (Fsp3) is 0.350. The van der Waals surface area contributed by atoms with Crippen molar-refractivity contribution in [3.05, 3.63) is 68.6 Å². The van der Waals surface area contributed by atoms with E-state index in [4.69, 9.17) is 19.7 Å². The Bertz CT molecular complexity index is 719. The molecule has 1 aliphatic heterocycles. The summed E-state index contributed by atoms with van der Waals surface area (Å²) < 4.78 is 13.1. The van der Waals surface area contributed by atoms with Crippen LogP contribution < -0.4 is 0 Å². The van der Waals surface area contributed by atoms with Crippen LogP contribution in [0.2, 0.25) is 0 Å². The molecular weight excluding hydrogens is 480 g/mol. The quantitative estimate of drug-likeness (QED) is 0.605. The average Bonchev–Trinajstić information content (AvgIpc) is 3.10. The number of rotatable bonds is 3. The molecule has 0 aromatic heterocycles. The normalized spacial score (nSPS) is 14.4. The highest BCUT2D eigenvalue weighted by molar-refractivity contribution is 9.10. The highest BCUT2D eigenvalue weighted by Crippen LogP contribution is 2.31. The van der Waals surface area contributed by atoms with E-state index in [-0.39, 0.29) is 20.4 Å². The van der Waals surface area contributed by atoms with Crippen molar-refractivity contribution in [3.8, 4) is 0 Å². The van der Waals surface area contributed by atoms with Crippen LogP contribution in [-0.2, 0) is 15.3 Å². The number of aliphatic hydroxyl groups is 2. The molecule has 3 rings (SSSR count). The van der Waals surface area contributed by atoms with Gasteiger partial charge in [-0.1, -0.05) is 56.1 Å². The minimum Gasteiger partial charge on any atom is -0.394 e. The summed E-state index contributed by atoms with van der Waals surface area (Å²) in [6.07, 6.45) is 0. The lowest BCUT2D eigenvalue weighted by atomic mass is 10.1. The molecule has 1 heterocycles. The van der Waals surface area contributed by atoms with Gasteiger partial charge in [-0.2, -0.15) is 0 Å². The van der Waals surface area contributed by atoms with Crippen molar-refractivity contribution >= 4 is 37.6 Å². The number of ketones is 1. The van der Waals surface area contributed by atoms with Gasteiger partial charge in [0.05, 0.1) is 26.4 Å². The SMILES string of the molecule is CC(=O)c1cccc(Br)c1.CC1(c2cccc(Br)c2)OCCO1.OCCO.[H+]. The van der Waals surface area contributed by atoms with E-state index in [1.165, 1.54) is 0 Å². The number of carbonyl (C=O) groups is 1. The van der Waals surface area contributed by atoms with Crippen LogP contribution in [0.3, 0.4) is 0 Å². The lowest BCUT2D eigenvalue weighted by Crippen LogP contribution is -2.22. The third-order valence-electron chi connectivity index (χ3n) is 3.52. The molecule has 0 radical (unpaired) electrons. The van der Waals surface area contributed by atoms with E-state index in [1.54, 1.807) is 13.0 Å². The molecule has 1 saturated heterocycles. The fourth-order valence-corrected chi connectivity index (χ4v) is 2.96. The Labute approximate surface area is 178 Å². The maximum Gasteiger partial charge on any atom is 1.00 e. The predicted octanol–water partition coefficient (Wildman–Crippen LogP) is 4.40. The van der Waals surface area contributed by atoms with Crippen LogP contribution in [0.25, 0.3) is 0 Å². The van der Waals surface area contributed by atoms with Crippen LogP contribution in [0.15, 0.2) is 57.5 Å². The van der Waals surface area contributed by atoms with Gasteiger partial charge < -0.3 is 19.7 Å². The van der Waals surface area contributed by atoms with Gasteiger partial charge >= 0.3 is 1.43 Å². The van der Waals surface area contributed by atoms with E-state index in [2.05, 4.69) is 31.9 Å². The van der Waals surface area contributed by atoms with E-state index >= 15 is 0 Å². The zero-order chi connectivity index (χ0) is 20.3. The van der Waals surface area contributed by atoms with Crippen molar-refractivity contribution in [1.82, 2.24) is 0 Å². The Morgan fingerprint density at radius 3 is 1.96 bits per heavy atom. The fourth-order valence-electron chi connectivity index (χ4n) is 2.16. The molecule has 0 amide bonds. The second-order valence-electron chi connectivity index (χ2n) is 5.67. The van der Waals surface area contributed by atoms with Crippen molar-refractivity contribution in [2.24, 2.45) is 0 Å². The van der Waals surface area contributed by atoms with Crippen LogP contribution in [0, 0.1) is 0 Å². The molecule has 5 nitrogen and oxygen atoms in total. The molecule has 2 N–H and O–H groups in total. The molecule has 0 saturated carbocycles. The summed E-state index contributed by atoms with van der Waals surface area (Å²) in [6.45, 7) is 4.59. The second-order valence-corrected chi connectivity index (χ2v) is 7.50. The number of hydrogen-bond donors (Lipinski definition) is 2. The van der Waals surface area contributed by atoms with Gasteiger partial charge in [0.15, 0.2) is 11.6 Å². The molecule has 0 spiro atoms. The minimum atomic E-state index is -0.552. The van der Waals surface area contributed by atoms with Crippen molar-refractivity contribution in [2.45, 2.75) is 19.6 Å². The van der Waals surface area contributed by atoms with E-state index < -0.39 is 5.79 Å². The van der Waals surface area contributed by atoms with Crippen molar-refractivity contribution in [1.29, 1.82) is 0 Å². The van der Waals surface area contributed by atoms with Gasteiger partial charge in [0.25, 0.3) is 0 Å². The number of Topliss-reactive ketones (excluding diaryl/α,β-unsaturated/α-hetero) is 1. The van der Waals surface area contributed by atoms with Crippen LogP contribution in [0.4, 0.5) is 0 Å². The molecule has 1 fully saturated rings. The number of benzene rings is 2. The lowest BCUT2D eigenvalue weighted by Gasteiger charge is -2.22. The van der Waals surface area contributed by atoms with E-state index in [0.29, 0.717) is 13.2 Å². The molecule has 0 aliphatic carbocycles. The summed E-state index contributed by atoms with van der Waals surface area (Å²) in [5.41, 5.74) is 1.80. The zero-order valence-corrected chi connectivity index (χ0v) is 18.5. The zero-order valence-electron chi connectivity index (χ0n) is 16.3. The number of hydrogen-bond acceptors (Lipinski definition) is 5. The van der Waals surface area contributed by atoms with Gasteiger partial charge in [-0.05, 0) is 38.1 Å². The first-order chi connectivity index (χ1) is 12.8. The van der Waals surface area contributed by atoms with Crippen LogP contribution in [0.1, 0.15) is 31.2 Å². The van der Waals surface area contributed by atoms with Gasteiger partial charge in [0.2, 0.25) is 0 Å². The smallest absolute Gasteiger partial charge is 0.394 e.